The van der Waals surface area contributed by atoms with Crippen LogP contribution in [0.1, 0.15) is 0 Å². The highest BCUT2D eigenvalue weighted by Gasteiger charge is 2.45. The van der Waals surface area contributed by atoms with E-state index >= 15 is 35.1 Å². The van der Waals surface area contributed by atoms with Crippen LogP contribution in [0.2, 0.25) is 10.0 Å². The lowest BCUT2D eigenvalue weighted by molar-refractivity contribution is 0.379. The second-order valence-corrected chi connectivity index (χ2v) is 10.9. The first kappa shape index (κ1) is 37.7. The van der Waals surface area contributed by atoms with Gasteiger partial charge < -0.3 is 0 Å². The van der Waals surface area contributed by atoms with Crippen molar-refractivity contribution in [2.75, 3.05) is 0 Å². The van der Waals surface area contributed by atoms with Crippen LogP contribution in [0.5, 0.6) is 0 Å². The van der Waals surface area contributed by atoms with Gasteiger partial charge in [-0.25, -0.2) is 79.0 Å². The van der Waals surface area contributed by atoms with Crippen molar-refractivity contribution in [3.63, 3.8) is 0 Å². The third kappa shape index (κ3) is 5.46. The van der Waals surface area contributed by atoms with Crippen molar-refractivity contribution in [2.24, 2.45) is 0 Å². The summed E-state index contributed by atoms with van der Waals surface area (Å²) in [6, 6.07) is 2.09. The number of benzene rings is 5. The minimum absolute atomic E-state index is 0.619. The van der Waals surface area contributed by atoms with Crippen molar-refractivity contribution in [2.45, 2.75) is 0 Å². The van der Waals surface area contributed by atoms with Crippen molar-refractivity contribution in [3.8, 4) is 22.3 Å². The van der Waals surface area contributed by atoms with Crippen LogP contribution in [0, 0.1) is 105 Å². The zero-order valence-corrected chi connectivity index (χ0v) is 24.9. The fourth-order valence-corrected chi connectivity index (χ4v) is 5.81. The summed E-state index contributed by atoms with van der Waals surface area (Å²) in [7, 11) is 0. The van der Waals surface area contributed by atoms with Gasteiger partial charge in [0.25, 0.3) is 6.71 Å². The zero-order chi connectivity index (χ0) is 38.3. The van der Waals surface area contributed by atoms with Crippen molar-refractivity contribution >= 4 is 46.3 Å². The van der Waals surface area contributed by atoms with Gasteiger partial charge in [0.05, 0.1) is 11.1 Å². The van der Waals surface area contributed by atoms with Gasteiger partial charge in [0.1, 0.15) is 0 Å². The highest BCUT2D eigenvalue weighted by molar-refractivity contribution is 6.99. The summed E-state index contributed by atoms with van der Waals surface area (Å²) in [5, 5.41) is -2.21. The van der Waals surface area contributed by atoms with Crippen LogP contribution in [-0.2, 0) is 0 Å². The lowest BCUT2D eigenvalue weighted by Gasteiger charge is -2.26. The molecule has 51 heavy (non-hydrogen) atoms. The number of halogens is 20. The van der Waals surface area contributed by atoms with Crippen LogP contribution in [0.4, 0.5) is 79.0 Å². The molecule has 0 saturated heterocycles. The van der Waals surface area contributed by atoms with Gasteiger partial charge in [0, 0.05) is 21.2 Å². The second kappa shape index (κ2) is 13.2. The SMILES string of the molecule is Fc1c(F)c(F)c(-c2c(F)c(F)c(F)c(F)c2B(c2c(Cl)cccc2Cl)c2c(F)c(F)c(F)c(F)c2-c2c(F)c(F)c(F)c(F)c2F)c(F)c1F. The standard InChI is InChI=1S/C30H3BCl2F18/c32-4-2-1-3-5(33)10(4)31(11-6(13(34)21(42)27(48)19(11)40)8-15(36)23(44)29(50)24(45)16(8)37)12-7(14(35)22(43)28(49)20(12)41)9-17(38)25(46)30(51)26(47)18(9)39/h1-3H. The van der Waals surface area contributed by atoms with Crippen molar-refractivity contribution in [1.29, 1.82) is 0 Å². The van der Waals surface area contributed by atoms with E-state index in [-0.39, 0.29) is 0 Å². The summed E-state index contributed by atoms with van der Waals surface area (Å²) in [6.45, 7) is -3.62. The quantitative estimate of drug-likeness (QED) is 0.0722. The van der Waals surface area contributed by atoms with Gasteiger partial charge in [-0.15, -0.1) is 0 Å². The molecule has 5 aromatic carbocycles. The number of hydrogen-bond donors (Lipinski definition) is 0. The van der Waals surface area contributed by atoms with Gasteiger partial charge in [-0.05, 0) is 28.5 Å². The molecule has 0 bridgehead atoms. The first-order valence-corrected chi connectivity index (χ1v) is 13.6. The van der Waals surface area contributed by atoms with Crippen molar-refractivity contribution < 1.29 is 79.0 Å². The van der Waals surface area contributed by atoms with E-state index in [1.165, 1.54) is 0 Å². The van der Waals surface area contributed by atoms with Crippen LogP contribution in [0.3, 0.4) is 0 Å². The van der Waals surface area contributed by atoms with E-state index in [0.29, 0.717) is 12.1 Å². The molecule has 21 heteroatoms. The summed E-state index contributed by atoms with van der Waals surface area (Å²) in [6.07, 6.45) is 0. The maximum absolute atomic E-state index is 16.0. The predicted molar refractivity (Wildman–Crippen MR) is 144 cm³/mol. The molecule has 0 saturated carbocycles. The van der Waals surface area contributed by atoms with Crippen LogP contribution in [-0.4, -0.2) is 6.71 Å². The van der Waals surface area contributed by atoms with Crippen LogP contribution in [0.15, 0.2) is 18.2 Å². The van der Waals surface area contributed by atoms with Gasteiger partial charge in [-0.2, -0.15) is 0 Å². The molecule has 0 heterocycles. The van der Waals surface area contributed by atoms with Gasteiger partial charge in [0.15, 0.2) is 93.1 Å². The zero-order valence-electron chi connectivity index (χ0n) is 23.4. The summed E-state index contributed by atoms with van der Waals surface area (Å²) in [5.41, 5.74) is -17.1. The van der Waals surface area contributed by atoms with Crippen molar-refractivity contribution in [3.05, 3.63) is 133 Å². The lowest BCUT2D eigenvalue weighted by atomic mass is 9.34. The average Bonchev–Trinajstić information content (AvgIpc) is 3.09. The van der Waals surface area contributed by atoms with Gasteiger partial charge in [-0.3, -0.25) is 0 Å². The molecule has 0 aliphatic rings. The predicted octanol–water partition coefficient (Wildman–Crippen LogP) is 9.35. The molecule has 0 aliphatic carbocycles. The molecule has 0 radical (unpaired) electrons. The Kier molecular flexibility index (Phi) is 9.79. The molecule has 266 valence electrons. The molecule has 0 unspecified atom stereocenters. The molecule has 0 amide bonds. The monoisotopic (exact) mass is 786 g/mol. The Morgan fingerprint density at radius 1 is 0.275 bits per heavy atom. The molecule has 0 aromatic heterocycles. The van der Waals surface area contributed by atoms with E-state index in [9.17, 15) is 43.9 Å². The first-order chi connectivity index (χ1) is 23.7. The van der Waals surface area contributed by atoms with Crippen molar-refractivity contribution in [1.82, 2.24) is 0 Å². The summed E-state index contributed by atoms with van der Waals surface area (Å²) in [4.78, 5) is 0. The summed E-state index contributed by atoms with van der Waals surface area (Å²) >= 11 is 12.1. The summed E-state index contributed by atoms with van der Waals surface area (Å²) < 4.78 is 268. The molecule has 0 spiro atoms. The smallest absolute Gasteiger partial charge is 0.204 e. The molecule has 0 N–H and O–H groups in total. The average molecular weight is 787 g/mol. The Hall–Kier alpha value is -4.52. The minimum atomic E-state index is -3.62. The third-order valence-electron chi connectivity index (χ3n) is 7.39. The second-order valence-electron chi connectivity index (χ2n) is 10.0. The van der Waals surface area contributed by atoms with Crippen LogP contribution in [0.25, 0.3) is 22.3 Å². The highest BCUT2D eigenvalue weighted by atomic mass is 35.5. The molecule has 0 aliphatic heterocycles. The molecule has 0 fully saturated rings. The Balaban J connectivity index is 2.19. The largest absolute Gasteiger partial charge is 0.254 e. The highest BCUT2D eigenvalue weighted by Crippen LogP contribution is 2.38. The topological polar surface area (TPSA) is 0 Å². The fourth-order valence-electron chi connectivity index (χ4n) is 5.20. The van der Waals surface area contributed by atoms with E-state index in [1.807, 2.05) is 0 Å². The Morgan fingerprint density at radius 2 is 0.490 bits per heavy atom. The van der Waals surface area contributed by atoms with E-state index in [1.54, 1.807) is 0 Å². The van der Waals surface area contributed by atoms with Crippen LogP contribution >= 0.6 is 23.2 Å². The molecular formula is C30H3BCl2F18. The maximum atomic E-state index is 16.0. The van der Waals surface area contributed by atoms with E-state index < -0.39 is 160 Å². The number of hydrogen-bond acceptors (Lipinski definition) is 0. The molecule has 5 rings (SSSR count). The van der Waals surface area contributed by atoms with E-state index in [2.05, 4.69) is 0 Å². The normalized spacial score (nSPS) is 11.5. The maximum Gasteiger partial charge on any atom is 0.254 e. The Labute approximate surface area is 280 Å². The molecule has 5 aromatic rings. The minimum Gasteiger partial charge on any atom is -0.204 e. The van der Waals surface area contributed by atoms with Crippen LogP contribution < -0.4 is 16.4 Å². The molecule has 0 atom stereocenters. The third-order valence-corrected chi connectivity index (χ3v) is 8.05. The Morgan fingerprint density at radius 3 is 0.765 bits per heavy atom. The Bertz CT molecular complexity index is 2130. The van der Waals surface area contributed by atoms with Gasteiger partial charge in [-0.1, -0.05) is 29.3 Å². The van der Waals surface area contributed by atoms with E-state index in [0.717, 1.165) is 6.07 Å². The summed E-state index contributed by atoms with van der Waals surface area (Å²) in [5.74, 6) is -55.2. The lowest BCUT2D eigenvalue weighted by Crippen LogP contribution is -2.58. The van der Waals surface area contributed by atoms with Gasteiger partial charge >= 0.3 is 0 Å². The first-order valence-electron chi connectivity index (χ1n) is 12.9. The van der Waals surface area contributed by atoms with Gasteiger partial charge in [0.2, 0.25) is 11.6 Å². The fraction of sp³-hybridized carbons (Fsp3) is 0. The molecular weight excluding hydrogens is 784 g/mol. The number of rotatable bonds is 5. The molecule has 0 nitrogen and oxygen atoms in total. The van der Waals surface area contributed by atoms with E-state index in [4.69, 9.17) is 23.2 Å².